The number of hydrogen-bond donors (Lipinski definition) is 0. The maximum Gasteiger partial charge on any atom is 0.195 e. The molecule has 1 aromatic heterocycles. The lowest BCUT2D eigenvalue weighted by atomic mass is 10.1. The van der Waals surface area contributed by atoms with Crippen LogP contribution in [0.4, 0.5) is 0 Å². The number of benzene rings is 2. The van der Waals surface area contributed by atoms with Gasteiger partial charge in [0.05, 0.1) is 6.54 Å². The number of rotatable bonds is 7. The van der Waals surface area contributed by atoms with Gasteiger partial charge < -0.3 is 0 Å². The summed E-state index contributed by atoms with van der Waals surface area (Å²) < 4.78 is 2.24. The fourth-order valence-corrected chi connectivity index (χ4v) is 4.51. The van der Waals surface area contributed by atoms with Gasteiger partial charge in [-0.15, -0.1) is 10.2 Å². The normalized spacial score (nSPS) is 15.1. The van der Waals surface area contributed by atoms with Crippen molar-refractivity contribution in [2.45, 2.75) is 37.4 Å². The number of piperidine rings is 1. The summed E-state index contributed by atoms with van der Waals surface area (Å²) in [4.78, 5) is 2.51. The molecule has 0 N–H and O–H groups in total. The molecule has 3 aromatic rings. The Morgan fingerprint density at radius 1 is 0.815 bits per heavy atom. The summed E-state index contributed by atoms with van der Waals surface area (Å²) in [6.45, 7) is 3.21. The molecule has 2 aromatic carbocycles. The number of aromatic nitrogens is 3. The van der Waals surface area contributed by atoms with Crippen LogP contribution in [0.15, 0.2) is 65.8 Å². The first-order valence-corrected chi connectivity index (χ1v) is 10.8. The molecule has 1 saturated heterocycles. The van der Waals surface area contributed by atoms with Crippen molar-refractivity contribution in [1.82, 2.24) is 19.7 Å². The van der Waals surface area contributed by atoms with E-state index < -0.39 is 0 Å². The van der Waals surface area contributed by atoms with E-state index in [9.17, 15) is 0 Å². The fourth-order valence-electron chi connectivity index (χ4n) is 3.55. The predicted octanol–water partition coefficient (Wildman–Crippen LogP) is 4.59. The average Bonchev–Trinajstić information content (AvgIpc) is 3.12. The molecule has 0 unspecified atom stereocenters. The number of hydrogen-bond acceptors (Lipinski definition) is 4. The van der Waals surface area contributed by atoms with Crippen LogP contribution < -0.4 is 0 Å². The van der Waals surface area contributed by atoms with Crippen molar-refractivity contribution in [3.05, 3.63) is 72.1 Å². The van der Waals surface area contributed by atoms with E-state index in [1.54, 1.807) is 11.8 Å². The van der Waals surface area contributed by atoms with Crippen LogP contribution in [-0.4, -0.2) is 38.5 Å². The highest BCUT2D eigenvalue weighted by Crippen LogP contribution is 2.24. The summed E-state index contributed by atoms with van der Waals surface area (Å²) in [6, 6.07) is 21.1. The Morgan fingerprint density at radius 3 is 2.26 bits per heavy atom. The smallest absolute Gasteiger partial charge is 0.195 e. The minimum Gasteiger partial charge on any atom is -0.296 e. The molecule has 140 valence electrons. The highest BCUT2D eigenvalue weighted by atomic mass is 32.2. The molecule has 4 rings (SSSR count). The molecular weight excluding hydrogens is 352 g/mol. The van der Waals surface area contributed by atoms with Gasteiger partial charge in [-0.1, -0.05) is 66.7 Å². The number of aryl methyl sites for hydroxylation is 1. The van der Waals surface area contributed by atoms with Gasteiger partial charge in [0.2, 0.25) is 0 Å². The van der Waals surface area contributed by atoms with Crippen LogP contribution in [0.3, 0.4) is 0 Å². The number of likely N-dealkylation sites (tertiary alicyclic amines) is 1. The van der Waals surface area contributed by atoms with E-state index in [0.29, 0.717) is 0 Å². The van der Waals surface area contributed by atoms with Crippen LogP contribution in [0, 0.1) is 0 Å². The summed E-state index contributed by atoms with van der Waals surface area (Å²) >= 11 is 1.79. The summed E-state index contributed by atoms with van der Waals surface area (Å²) in [7, 11) is 0. The van der Waals surface area contributed by atoms with Gasteiger partial charge in [-0.25, -0.2) is 0 Å². The summed E-state index contributed by atoms with van der Waals surface area (Å²) in [5, 5.41) is 10.1. The molecule has 1 aliphatic heterocycles. The van der Waals surface area contributed by atoms with Crippen molar-refractivity contribution in [2.24, 2.45) is 0 Å². The molecule has 0 aliphatic carbocycles. The Morgan fingerprint density at radius 2 is 1.52 bits per heavy atom. The second-order valence-corrected chi connectivity index (χ2v) is 8.05. The van der Waals surface area contributed by atoms with E-state index in [2.05, 4.69) is 80.3 Å². The lowest BCUT2D eigenvalue weighted by molar-refractivity contribution is 0.214. The molecule has 27 heavy (non-hydrogen) atoms. The quantitative estimate of drug-likeness (QED) is 0.563. The first-order chi connectivity index (χ1) is 13.4. The number of nitrogens with zero attached hydrogens (tertiary/aromatic N) is 4. The van der Waals surface area contributed by atoms with Gasteiger partial charge in [0.15, 0.2) is 11.0 Å². The molecule has 0 bridgehead atoms. The van der Waals surface area contributed by atoms with E-state index in [1.807, 2.05) is 0 Å². The first-order valence-electron chi connectivity index (χ1n) is 9.79. The molecule has 4 nitrogen and oxygen atoms in total. The van der Waals surface area contributed by atoms with Crippen LogP contribution in [0.5, 0.6) is 0 Å². The topological polar surface area (TPSA) is 34.0 Å². The first kappa shape index (κ1) is 18.3. The zero-order valence-electron chi connectivity index (χ0n) is 15.6. The second kappa shape index (κ2) is 9.20. The van der Waals surface area contributed by atoms with E-state index in [4.69, 9.17) is 0 Å². The largest absolute Gasteiger partial charge is 0.296 e. The van der Waals surface area contributed by atoms with Crippen LogP contribution in [0.2, 0.25) is 0 Å². The molecule has 2 heterocycles. The summed E-state index contributed by atoms with van der Waals surface area (Å²) in [6.07, 6.45) is 4.97. The maximum absolute atomic E-state index is 4.56. The maximum atomic E-state index is 4.56. The molecule has 0 radical (unpaired) electrons. The van der Waals surface area contributed by atoms with Crippen molar-refractivity contribution < 1.29 is 0 Å². The summed E-state index contributed by atoms with van der Waals surface area (Å²) in [5.74, 6) is 2.05. The van der Waals surface area contributed by atoms with Gasteiger partial charge in [0.25, 0.3) is 0 Å². The van der Waals surface area contributed by atoms with Crippen LogP contribution >= 0.6 is 11.8 Å². The van der Waals surface area contributed by atoms with Gasteiger partial charge in [0.1, 0.15) is 0 Å². The Bertz CT molecular complexity index is 826. The third-order valence-corrected chi connectivity index (χ3v) is 5.92. The zero-order valence-corrected chi connectivity index (χ0v) is 16.4. The zero-order chi connectivity index (χ0) is 18.3. The van der Waals surface area contributed by atoms with Crippen molar-refractivity contribution >= 4 is 11.8 Å². The molecule has 0 atom stereocenters. The lowest BCUT2D eigenvalue weighted by Crippen LogP contribution is -2.30. The van der Waals surface area contributed by atoms with Crippen molar-refractivity contribution in [2.75, 3.05) is 18.8 Å². The van der Waals surface area contributed by atoms with E-state index in [0.717, 1.165) is 48.5 Å². The van der Waals surface area contributed by atoms with E-state index >= 15 is 0 Å². The lowest BCUT2D eigenvalue weighted by Gasteiger charge is -2.26. The van der Waals surface area contributed by atoms with Gasteiger partial charge in [-0.05, 0) is 50.0 Å². The molecule has 0 amide bonds. The minimum absolute atomic E-state index is 0.876. The molecule has 0 spiro atoms. The molecule has 0 saturated carbocycles. The van der Waals surface area contributed by atoms with Gasteiger partial charge in [-0.2, -0.15) is 0 Å². The standard InChI is InChI=1S/C22H26N4S/c1-4-10-19(11-5-1)14-17-27-22-24-23-21(18-25-15-8-3-9-16-25)26(22)20-12-6-2-7-13-20/h1-2,4-7,10-13H,3,8-9,14-18H2. The number of para-hydroxylation sites is 1. The Balaban J connectivity index is 1.51. The Labute approximate surface area is 165 Å². The van der Waals surface area contributed by atoms with Crippen molar-refractivity contribution in [3.8, 4) is 5.69 Å². The third-order valence-electron chi connectivity index (χ3n) is 4.99. The number of thioether (sulfide) groups is 1. The van der Waals surface area contributed by atoms with E-state index in [1.165, 1.54) is 24.8 Å². The highest BCUT2D eigenvalue weighted by Gasteiger charge is 2.18. The van der Waals surface area contributed by atoms with E-state index in [-0.39, 0.29) is 0 Å². The van der Waals surface area contributed by atoms with Gasteiger partial charge in [-0.3, -0.25) is 9.47 Å². The SMILES string of the molecule is c1ccc(CCSc2nnc(CN3CCCCC3)n2-c2ccccc2)cc1. The minimum atomic E-state index is 0.876. The molecular formula is C22H26N4S. The highest BCUT2D eigenvalue weighted by molar-refractivity contribution is 7.99. The molecule has 1 aliphatic rings. The van der Waals surface area contributed by atoms with Gasteiger partial charge >= 0.3 is 0 Å². The van der Waals surface area contributed by atoms with Gasteiger partial charge in [0, 0.05) is 11.4 Å². The van der Waals surface area contributed by atoms with Crippen molar-refractivity contribution in [3.63, 3.8) is 0 Å². The van der Waals surface area contributed by atoms with Crippen LogP contribution in [-0.2, 0) is 13.0 Å². The van der Waals surface area contributed by atoms with Crippen LogP contribution in [0.1, 0.15) is 30.7 Å². The van der Waals surface area contributed by atoms with Crippen LogP contribution in [0.25, 0.3) is 5.69 Å². The second-order valence-electron chi connectivity index (χ2n) is 6.99. The van der Waals surface area contributed by atoms with Crippen molar-refractivity contribution in [1.29, 1.82) is 0 Å². The predicted molar refractivity (Wildman–Crippen MR) is 111 cm³/mol. The third kappa shape index (κ3) is 4.79. The molecule has 1 fully saturated rings. The average molecular weight is 379 g/mol. The Hall–Kier alpha value is -2.11. The fraction of sp³-hybridized carbons (Fsp3) is 0.364. The summed E-state index contributed by atoms with van der Waals surface area (Å²) in [5.41, 5.74) is 2.51. The monoisotopic (exact) mass is 378 g/mol. The molecule has 5 heteroatoms. The Kier molecular flexibility index (Phi) is 6.22.